The highest BCUT2D eigenvalue weighted by Crippen LogP contribution is 2.32. The predicted molar refractivity (Wildman–Crippen MR) is 75.7 cm³/mol. The van der Waals surface area contributed by atoms with E-state index in [0.29, 0.717) is 24.5 Å². The van der Waals surface area contributed by atoms with Crippen LogP contribution in [-0.2, 0) is 4.74 Å². The number of aromatic carboxylic acids is 1. The number of rotatable bonds is 3. The lowest BCUT2D eigenvalue weighted by molar-refractivity contribution is 0.0690. The number of phenols is 1. The quantitative estimate of drug-likeness (QED) is 0.788. The maximum atomic E-state index is 10.9. The normalized spacial score (nSPS) is 15.1. The van der Waals surface area contributed by atoms with Crippen molar-refractivity contribution < 1.29 is 19.7 Å². The number of hydrogen-bond donors (Lipinski definition) is 3. The van der Waals surface area contributed by atoms with Gasteiger partial charge in [0.2, 0.25) is 0 Å². The van der Waals surface area contributed by atoms with Crippen molar-refractivity contribution in [2.24, 2.45) is 0 Å². The van der Waals surface area contributed by atoms with Crippen LogP contribution in [0, 0.1) is 0 Å². The summed E-state index contributed by atoms with van der Waals surface area (Å²) in [4.78, 5) is 13.0. The van der Waals surface area contributed by atoms with Crippen LogP contribution in [0.15, 0.2) is 24.3 Å². The molecule has 0 atom stereocenters. The first-order valence-corrected chi connectivity index (χ1v) is 6.60. The van der Waals surface area contributed by atoms with Gasteiger partial charge in [-0.05, 0) is 24.3 Å². The third-order valence-corrected chi connectivity index (χ3v) is 3.44. The second-order valence-corrected chi connectivity index (χ2v) is 4.77. The number of ether oxygens (including phenoxy) is 1. The van der Waals surface area contributed by atoms with E-state index >= 15 is 0 Å². The Morgan fingerprint density at radius 2 is 2.05 bits per heavy atom. The second kappa shape index (κ2) is 5.45. The molecule has 2 aromatic rings. The van der Waals surface area contributed by atoms with Crippen LogP contribution in [0.3, 0.4) is 0 Å². The number of hydrogen-bond acceptors (Lipinski definition) is 5. The van der Waals surface area contributed by atoms with Gasteiger partial charge >= 0.3 is 5.97 Å². The minimum atomic E-state index is -1.09. The molecule has 1 saturated heterocycles. The molecular weight excluding hydrogens is 274 g/mol. The number of benzene rings is 1. The zero-order valence-corrected chi connectivity index (χ0v) is 11.2. The summed E-state index contributed by atoms with van der Waals surface area (Å²) in [6, 6.07) is 6.63. The summed E-state index contributed by atoms with van der Waals surface area (Å²) in [5.74, 6) is -1.02. The zero-order valence-electron chi connectivity index (χ0n) is 11.2. The highest BCUT2D eigenvalue weighted by molar-refractivity contribution is 5.87. The van der Waals surface area contributed by atoms with Crippen LogP contribution in [0.4, 0.5) is 5.69 Å². The number of H-pyrrole nitrogens is 1. The SMILES string of the molecule is O=C(O)c1cc(-c2cc(N3CCOCC3)ccc2O)n[nH]1. The first-order chi connectivity index (χ1) is 10.1. The molecule has 0 unspecified atom stereocenters. The van der Waals surface area contributed by atoms with Crippen molar-refractivity contribution in [1.82, 2.24) is 10.2 Å². The molecule has 0 aliphatic carbocycles. The number of aromatic nitrogens is 2. The van der Waals surface area contributed by atoms with E-state index in [1.54, 1.807) is 6.07 Å². The largest absolute Gasteiger partial charge is 0.507 e. The van der Waals surface area contributed by atoms with Crippen LogP contribution in [0.2, 0.25) is 0 Å². The molecular formula is C14H15N3O4. The smallest absolute Gasteiger partial charge is 0.353 e. The van der Waals surface area contributed by atoms with Gasteiger partial charge in [-0.1, -0.05) is 0 Å². The van der Waals surface area contributed by atoms with Crippen LogP contribution >= 0.6 is 0 Å². The van der Waals surface area contributed by atoms with Crippen molar-refractivity contribution in [2.75, 3.05) is 31.2 Å². The molecule has 0 spiro atoms. The van der Waals surface area contributed by atoms with Crippen LogP contribution in [0.25, 0.3) is 11.3 Å². The van der Waals surface area contributed by atoms with Gasteiger partial charge in [0.25, 0.3) is 0 Å². The Morgan fingerprint density at radius 1 is 1.29 bits per heavy atom. The molecule has 1 aliphatic rings. The van der Waals surface area contributed by atoms with Gasteiger partial charge in [0.05, 0.1) is 18.9 Å². The molecule has 1 aromatic heterocycles. The first kappa shape index (κ1) is 13.4. The van der Waals surface area contributed by atoms with E-state index in [1.807, 2.05) is 12.1 Å². The molecule has 7 heteroatoms. The number of morpholine rings is 1. The monoisotopic (exact) mass is 289 g/mol. The fourth-order valence-corrected chi connectivity index (χ4v) is 2.32. The Hall–Kier alpha value is -2.54. The molecule has 1 fully saturated rings. The Kier molecular flexibility index (Phi) is 3.49. The molecule has 0 bridgehead atoms. The zero-order chi connectivity index (χ0) is 14.8. The van der Waals surface area contributed by atoms with Crippen LogP contribution in [-0.4, -0.2) is 52.7 Å². The molecule has 21 heavy (non-hydrogen) atoms. The number of nitrogens with zero attached hydrogens (tertiary/aromatic N) is 2. The lowest BCUT2D eigenvalue weighted by Crippen LogP contribution is -2.36. The van der Waals surface area contributed by atoms with E-state index < -0.39 is 5.97 Å². The van der Waals surface area contributed by atoms with Gasteiger partial charge in [-0.3, -0.25) is 5.10 Å². The first-order valence-electron chi connectivity index (χ1n) is 6.60. The topological polar surface area (TPSA) is 98.7 Å². The molecule has 7 nitrogen and oxygen atoms in total. The third-order valence-electron chi connectivity index (χ3n) is 3.44. The number of aromatic hydroxyl groups is 1. The lowest BCUT2D eigenvalue weighted by atomic mass is 10.1. The molecule has 0 amide bonds. The molecule has 2 heterocycles. The van der Waals surface area contributed by atoms with Crippen molar-refractivity contribution in [3.63, 3.8) is 0 Å². The van der Waals surface area contributed by atoms with Gasteiger partial charge in [-0.2, -0.15) is 5.10 Å². The van der Waals surface area contributed by atoms with E-state index in [0.717, 1.165) is 18.8 Å². The molecule has 3 N–H and O–H groups in total. The number of nitrogens with one attached hydrogen (secondary N) is 1. The van der Waals surface area contributed by atoms with Crippen molar-refractivity contribution >= 4 is 11.7 Å². The van der Waals surface area contributed by atoms with Gasteiger partial charge in [-0.25, -0.2) is 4.79 Å². The summed E-state index contributed by atoms with van der Waals surface area (Å²) in [6.45, 7) is 2.90. The van der Waals surface area contributed by atoms with Crippen molar-refractivity contribution in [3.8, 4) is 17.0 Å². The molecule has 3 rings (SSSR count). The summed E-state index contributed by atoms with van der Waals surface area (Å²) in [5, 5.41) is 25.3. The summed E-state index contributed by atoms with van der Waals surface area (Å²) in [6.07, 6.45) is 0. The molecule has 0 radical (unpaired) electrons. The summed E-state index contributed by atoms with van der Waals surface area (Å²) >= 11 is 0. The predicted octanol–water partition coefficient (Wildman–Crippen LogP) is 1.32. The van der Waals surface area contributed by atoms with Crippen molar-refractivity contribution in [1.29, 1.82) is 0 Å². The number of anilines is 1. The molecule has 110 valence electrons. The number of aromatic amines is 1. The van der Waals surface area contributed by atoms with Gasteiger partial charge in [0.15, 0.2) is 0 Å². The highest BCUT2D eigenvalue weighted by atomic mass is 16.5. The Bertz CT molecular complexity index is 662. The Balaban J connectivity index is 1.95. The molecule has 1 aliphatic heterocycles. The second-order valence-electron chi connectivity index (χ2n) is 4.77. The van der Waals surface area contributed by atoms with Gasteiger partial charge < -0.3 is 19.8 Å². The minimum absolute atomic E-state index is 0.0128. The van der Waals surface area contributed by atoms with E-state index in [2.05, 4.69) is 15.1 Å². The van der Waals surface area contributed by atoms with Gasteiger partial charge in [0, 0.05) is 24.3 Å². The molecule has 1 aromatic carbocycles. The number of carbonyl (C=O) groups is 1. The average molecular weight is 289 g/mol. The van der Waals surface area contributed by atoms with Gasteiger partial charge in [-0.15, -0.1) is 0 Å². The number of carboxylic acid groups (broad SMARTS) is 1. The number of phenolic OH excluding ortho intramolecular Hbond substituents is 1. The fourth-order valence-electron chi connectivity index (χ4n) is 2.32. The third kappa shape index (κ3) is 2.68. The summed E-state index contributed by atoms with van der Waals surface area (Å²) in [7, 11) is 0. The van der Waals surface area contributed by atoms with E-state index in [1.165, 1.54) is 6.07 Å². The maximum absolute atomic E-state index is 10.9. The van der Waals surface area contributed by atoms with Crippen LogP contribution in [0.5, 0.6) is 5.75 Å². The van der Waals surface area contributed by atoms with Gasteiger partial charge in [0.1, 0.15) is 11.4 Å². The minimum Gasteiger partial charge on any atom is -0.507 e. The standard InChI is InChI=1S/C14H15N3O4/c18-13-2-1-9(17-3-5-21-6-4-17)7-10(13)11-8-12(14(19)20)16-15-11/h1-2,7-8,18H,3-6H2,(H,15,16)(H,19,20). The number of carboxylic acids is 1. The van der Waals surface area contributed by atoms with Crippen molar-refractivity contribution in [3.05, 3.63) is 30.0 Å². The molecule has 0 saturated carbocycles. The van der Waals surface area contributed by atoms with Crippen LogP contribution in [0.1, 0.15) is 10.5 Å². The average Bonchev–Trinajstić information content (AvgIpc) is 2.98. The Labute approximate surface area is 120 Å². The Morgan fingerprint density at radius 3 is 2.71 bits per heavy atom. The fraction of sp³-hybridized carbons (Fsp3) is 0.286. The summed E-state index contributed by atoms with van der Waals surface area (Å²) < 4.78 is 5.32. The highest BCUT2D eigenvalue weighted by Gasteiger charge is 2.16. The van der Waals surface area contributed by atoms with E-state index in [-0.39, 0.29) is 11.4 Å². The van der Waals surface area contributed by atoms with E-state index in [4.69, 9.17) is 9.84 Å². The van der Waals surface area contributed by atoms with E-state index in [9.17, 15) is 9.90 Å². The van der Waals surface area contributed by atoms with Crippen molar-refractivity contribution in [2.45, 2.75) is 0 Å². The lowest BCUT2D eigenvalue weighted by Gasteiger charge is -2.29. The van der Waals surface area contributed by atoms with Crippen LogP contribution < -0.4 is 4.90 Å². The summed E-state index contributed by atoms with van der Waals surface area (Å²) in [5.41, 5.74) is 1.84. The maximum Gasteiger partial charge on any atom is 0.353 e.